The molecule has 1 aromatic carbocycles. The Morgan fingerprint density at radius 3 is 2.64 bits per heavy atom. The Morgan fingerprint density at radius 2 is 2.00 bits per heavy atom. The average molecular weight is 341 g/mol. The number of benzene rings is 1. The van der Waals surface area contributed by atoms with Crippen LogP contribution in [0.2, 0.25) is 5.02 Å². The fourth-order valence-electron chi connectivity index (χ4n) is 2.54. The number of carbonyl (C=O) groups excluding carboxylic acids is 2. The molecule has 120 valence electrons. The molecule has 0 unspecified atom stereocenters. The first-order chi connectivity index (χ1) is 10.5. The molecular weight excluding hydrogens is 320 g/mol. The Balaban J connectivity index is 1.96. The first-order valence-corrected chi connectivity index (χ1v) is 9.06. The molecule has 1 atom stereocenters. The summed E-state index contributed by atoms with van der Waals surface area (Å²) < 4.78 is 0. The fraction of sp³-hybridized carbons (Fsp3) is 0.500. The summed E-state index contributed by atoms with van der Waals surface area (Å²) >= 11 is 7.62. The molecule has 0 heterocycles. The summed E-state index contributed by atoms with van der Waals surface area (Å²) in [6, 6.07) is 4.97. The minimum absolute atomic E-state index is 0.141. The molecule has 0 aliphatic heterocycles. The van der Waals surface area contributed by atoms with Gasteiger partial charge in [-0.2, -0.15) is 0 Å². The van der Waals surface area contributed by atoms with Gasteiger partial charge in [-0.1, -0.05) is 24.4 Å². The van der Waals surface area contributed by atoms with E-state index in [-0.39, 0.29) is 17.9 Å². The molecule has 0 spiro atoms. The van der Waals surface area contributed by atoms with Crippen molar-refractivity contribution in [3.8, 4) is 0 Å². The second-order valence-electron chi connectivity index (χ2n) is 5.53. The average Bonchev–Trinajstić information content (AvgIpc) is 3.00. The normalized spacial score (nSPS) is 16.3. The highest BCUT2D eigenvalue weighted by Crippen LogP contribution is 2.23. The van der Waals surface area contributed by atoms with Crippen LogP contribution in [0.15, 0.2) is 23.1 Å². The van der Waals surface area contributed by atoms with E-state index in [2.05, 4.69) is 10.6 Å². The van der Waals surface area contributed by atoms with Gasteiger partial charge in [0.1, 0.15) is 6.04 Å². The zero-order valence-electron chi connectivity index (χ0n) is 12.8. The maximum absolute atomic E-state index is 12.3. The van der Waals surface area contributed by atoms with Crippen molar-refractivity contribution >= 4 is 35.2 Å². The minimum Gasteiger partial charge on any atom is -0.352 e. The molecule has 22 heavy (non-hydrogen) atoms. The maximum atomic E-state index is 12.3. The topological polar surface area (TPSA) is 58.2 Å². The van der Waals surface area contributed by atoms with Gasteiger partial charge in [-0.15, -0.1) is 11.8 Å². The molecule has 1 aromatic rings. The van der Waals surface area contributed by atoms with Crippen molar-refractivity contribution in [3.63, 3.8) is 0 Å². The Kier molecular flexibility index (Phi) is 6.15. The lowest BCUT2D eigenvalue weighted by Crippen LogP contribution is -2.47. The van der Waals surface area contributed by atoms with Crippen LogP contribution in [0.4, 0.5) is 0 Å². The molecule has 0 saturated heterocycles. The first kappa shape index (κ1) is 17.2. The zero-order valence-corrected chi connectivity index (χ0v) is 14.4. The molecule has 1 aliphatic carbocycles. The second kappa shape index (κ2) is 7.88. The van der Waals surface area contributed by atoms with Crippen LogP contribution in [-0.2, 0) is 4.79 Å². The van der Waals surface area contributed by atoms with Crippen molar-refractivity contribution in [2.45, 2.75) is 49.6 Å². The zero-order chi connectivity index (χ0) is 16.1. The number of amides is 2. The van der Waals surface area contributed by atoms with Crippen molar-refractivity contribution in [1.29, 1.82) is 0 Å². The van der Waals surface area contributed by atoms with Crippen LogP contribution in [0.3, 0.4) is 0 Å². The standard InChI is InChI=1S/C16H21ClN2O2S/c1-10(15(20)19-11-5-3-4-6-11)18-16(21)13-9-12(22-2)7-8-14(13)17/h7-11H,3-6H2,1-2H3,(H,18,21)(H,19,20)/t10-/m0/s1. The van der Waals surface area contributed by atoms with Gasteiger partial charge >= 0.3 is 0 Å². The van der Waals surface area contributed by atoms with E-state index < -0.39 is 6.04 Å². The van der Waals surface area contributed by atoms with Crippen LogP contribution in [0.25, 0.3) is 0 Å². The Bertz CT molecular complexity index is 559. The number of rotatable bonds is 5. The predicted octanol–water partition coefficient (Wildman–Crippen LogP) is 3.24. The summed E-state index contributed by atoms with van der Waals surface area (Å²) in [7, 11) is 0. The van der Waals surface area contributed by atoms with Gasteiger partial charge in [0.2, 0.25) is 5.91 Å². The van der Waals surface area contributed by atoms with Gasteiger partial charge in [-0.25, -0.2) is 0 Å². The van der Waals surface area contributed by atoms with Crippen LogP contribution in [0, 0.1) is 0 Å². The lowest BCUT2D eigenvalue weighted by atomic mass is 10.2. The Labute approximate surface area is 140 Å². The molecule has 2 rings (SSSR count). The monoisotopic (exact) mass is 340 g/mol. The summed E-state index contributed by atoms with van der Waals surface area (Å²) in [5.41, 5.74) is 0.397. The Morgan fingerprint density at radius 1 is 1.32 bits per heavy atom. The predicted molar refractivity (Wildman–Crippen MR) is 90.6 cm³/mol. The molecule has 6 heteroatoms. The van der Waals surface area contributed by atoms with Gasteiger partial charge in [0.25, 0.3) is 5.91 Å². The van der Waals surface area contributed by atoms with Crippen molar-refractivity contribution in [1.82, 2.24) is 10.6 Å². The van der Waals surface area contributed by atoms with Crippen molar-refractivity contribution in [2.24, 2.45) is 0 Å². The van der Waals surface area contributed by atoms with Gasteiger partial charge in [-0.05, 0) is 44.2 Å². The molecule has 0 aromatic heterocycles. The summed E-state index contributed by atoms with van der Waals surface area (Å²) in [5, 5.41) is 6.09. The molecule has 2 amide bonds. The third-order valence-electron chi connectivity index (χ3n) is 3.86. The molecule has 1 saturated carbocycles. The molecule has 0 radical (unpaired) electrons. The van der Waals surface area contributed by atoms with E-state index in [0.29, 0.717) is 10.6 Å². The molecular formula is C16H21ClN2O2S. The van der Waals surface area contributed by atoms with Gasteiger partial charge in [0.15, 0.2) is 0 Å². The maximum Gasteiger partial charge on any atom is 0.253 e. The molecule has 1 aliphatic rings. The largest absolute Gasteiger partial charge is 0.352 e. The van der Waals surface area contributed by atoms with E-state index in [1.54, 1.807) is 19.1 Å². The highest BCUT2D eigenvalue weighted by atomic mass is 35.5. The smallest absolute Gasteiger partial charge is 0.253 e. The van der Waals surface area contributed by atoms with E-state index in [1.165, 1.54) is 11.8 Å². The van der Waals surface area contributed by atoms with Crippen LogP contribution >= 0.6 is 23.4 Å². The van der Waals surface area contributed by atoms with E-state index in [0.717, 1.165) is 30.6 Å². The van der Waals surface area contributed by atoms with Crippen molar-refractivity contribution < 1.29 is 9.59 Å². The van der Waals surface area contributed by atoms with Crippen LogP contribution in [0.1, 0.15) is 43.0 Å². The van der Waals surface area contributed by atoms with Crippen LogP contribution in [-0.4, -0.2) is 30.2 Å². The number of hydrogen-bond donors (Lipinski definition) is 2. The quantitative estimate of drug-likeness (QED) is 0.809. The third kappa shape index (κ3) is 4.40. The van der Waals surface area contributed by atoms with Crippen molar-refractivity contribution in [3.05, 3.63) is 28.8 Å². The van der Waals surface area contributed by atoms with Crippen LogP contribution in [0.5, 0.6) is 0 Å². The van der Waals surface area contributed by atoms with Gasteiger partial charge in [-0.3, -0.25) is 9.59 Å². The number of hydrogen-bond acceptors (Lipinski definition) is 3. The SMILES string of the molecule is CSc1ccc(Cl)c(C(=O)N[C@@H](C)C(=O)NC2CCCC2)c1. The molecule has 2 N–H and O–H groups in total. The molecule has 0 bridgehead atoms. The van der Waals surface area contributed by atoms with Gasteiger partial charge in [0.05, 0.1) is 10.6 Å². The van der Waals surface area contributed by atoms with Gasteiger partial charge in [0, 0.05) is 10.9 Å². The summed E-state index contributed by atoms with van der Waals surface area (Å²) in [5.74, 6) is -0.465. The highest BCUT2D eigenvalue weighted by Gasteiger charge is 2.22. The van der Waals surface area contributed by atoms with Crippen molar-refractivity contribution in [2.75, 3.05) is 6.26 Å². The molecule has 1 fully saturated rings. The summed E-state index contributed by atoms with van der Waals surface area (Å²) in [6.07, 6.45) is 6.29. The fourth-order valence-corrected chi connectivity index (χ4v) is 3.18. The first-order valence-electron chi connectivity index (χ1n) is 7.46. The van der Waals surface area contributed by atoms with E-state index in [4.69, 9.17) is 11.6 Å². The van der Waals surface area contributed by atoms with E-state index in [1.807, 2.05) is 12.3 Å². The molecule has 4 nitrogen and oxygen atoms in total. The number of thioether (sulfide) groups is 1. The number of carbonyl (C=O) groups is 2. The summed E-state index contributed by atoms with van der Waals surface area (Å²) in [6.45, 7) is 1.69. The highest BCUT2D eigenvalue weighted by molar-refractivity contribution is 7.98. The lowest BCUT2D eigenvalue weighted by molar-refractivity contribution is -0.123. The number of halogens is 1. The van der Waals surface area contributed by atoms with Gasteiger partial charge < -0.3 is 10.6 Å². The minimum atomic E-state index is -0.581. The number of nitrogens with one attached hydrogen (secondary N) is 2. The van der Waals surface area contributed by atoms with Crippen LogP contribution < -0.4 is 10.6 Å². The van der Waals surface area contributed by atoms with E-state index >= 15 is 0 Å². The van der Waals surface area contributed by atoms with E-state index in [9.17, 15) is 9.59 Å². The third-order valence-corrected chi connectivity index (χ3v) is 4.92. The summed E-state index contributed by atoms with van der Waals surface area (Å²) in [4.78, 5) is 25.4. The second-order valence-corrected chi connectivity index (χ2v) is 6.82. The lowest BCUT2D eigenvalue weighted by Gasteiger charge is -2.18. The Hall–Kier alpha value is -1.20.